The minimum atomic E-state index is -0.461. The van der Waals surface area contributed by atoms with E-state index in [1.807, 2.05) is 31.2 Å². The monoisotopic (exact) mass is 252 g/mol. The third-order valence-corrected chi connectivity index (χ3v) is 2.96. The topological polar surface area (TPSA) is 38.7 Å². The molecule has 2 atom stereocenters. The van der Waals surface area contributed by atoms with Crippen LogP contribution in [-0.4, -0.2) is 31.0 Å². The zero-order chi connectivity index (χ0) is 13.4. The lowest BCUT2D eigenvalue weighted by Crippen LogP contribution is -2.30. The average Bonchev–Trinajstić information content (AvgIpc) is 2.38. The van der Waals surface area contributed by atoms with Gasteiger partial charge in [-0.1, -0.05) is 25.5 Å². The Balaban J connectivity index is 2.62. The van der Waals surface area contributed by atoms with Crippen molar-refractivity contribution in [2.45, 2.75) is 45.3 Å². The summed E-state index contributed by atoms with van der Waals surface area (Å²) in [4.78, 5) is 0. The van der Waals surface area contributed by atoms with Gasteiger partial charge < -0.3 is 14.6 Å². The predicted molar refractivity (Wildman–Crippen MR) is 73.0 cm³/mol. The second-order valence-corrected chi connectivity index (χ2v) is 4.41. The molecular weight excluding hydrogens is 228 g/mol. The first-order chi connectivity index (χ1) is 8.71. The van der Waals surface area contributed by atoms with Crippen molar-refractivity contribution in [3.05, 3.63) is 29.8 Å². The Morgan fingerprint density at radius 1 is 1.28 bits per heavy atom. The molecule has 0 bridgehead atoms. The van der Waals surface area contributed by atoms with E-state index in [0.29, 0.717) is 13.0 Å². The van der Waals surface area contributed by atoms with Crippen LogP contribution >= 0.6 is 0 Å². The average molecular weight is 252 g/mol. The van der Waals surface area contributed by atoms with E-state index in [4.69, 9.17) is 9.47 Å². The van der Waals surface area contributed by atoms with E-state index in [2.05, 4.69) is 6.92 Å². The van der Waals surface area contributed by atoms with Crippen LogP contribution in [0.15, 0.2) is 24.3 Å². The molecule has 0 radical (unpaired) electrons. The van der Waals surface area contributed by atoms with Crippen LogP contribution in [0, 0.1) is 0 Å². The van der Waals surface area contributed by atoms with Gasteiger partial charge in [-0.15, -0.1) is 0 Å². The van der Waals surface area contributed by atoms with E-state index in [1.165, 1.54) is 0 Å². The highest BCUT2D eigenvalue weighted by atomic mass is 16.5. The van der Waals surface area contributed by atoms with E-state index >= 15 is 0 Å². The van der Waals surface area contributed by atoms with Crippen LogP contribution in [-0.2, 0) is 11.2 Å². The molecule has 0 aromatic heterocycles. The largest absolute Gasteiger partial charge is 0.497 e. The van der Waals surface area contributed by atoms with E-state index in [1.54, 1.807) is 7.11 Å². The normalized spacial score (nSPS) is 14.2. The summed E-state index contributed by atoms with van der Waals surface area (Å²) in [6.45, 7) is 4.70. The molecule has 1 aromatic carbocycles. The molecule has 1 rings (SSSR count). The van der Waals surface area contributed by atoms with Gasteiger partial charge in [-0.3, -0.25) is 0 Å². The van der Waals surface area contributed by atoms with E-state index in [0.717, 1.165) is 24.2 Å². The maximum Gasteiger partial charge on any atom is 0.119 e. The number of aliphatic hydroxyl groups is 1. The van der Waals surface area contributed by atoms with Gasteiger partial charge in [-0.2, -0.15) is 0 Å². The first-order valence-corrected chi connectivity index (χ1v) is 6.63. The van der Waals surface area contributed by atoms with Crippen molar-refractivity contribution < 1.29 is 14.6 Å². The van der Waals surface area contributed by atoms with Gasteiger partial charge in [0.2, 0.25) is 0 Å². The predicted octanol–water partition coefficient (Wildman–Crippen LogP) is 2.80. The molecule has 0 amide bonds. The highest BCUT2D eigenvalue weighted by molar-refractivity contribution is 5.28. The van der Waals surface area contributed by atoms with Crippen LogP contribution < -0.4 is 4.74 Å². The lowest BCUT2D eigenvalue weighted by molar-refractivity contribution is -0.0363. The Hall–Kier alpha value is -1.06. The molecular formula is C15H24O3. The Morgan fingerprint density at radius 2 is 2.06 bits per heavy atom. The van der Waals surface area contributed by atoms with Crippen molar-refractivity contribution in [2.75, 3.05) is 13.7 Å². The summed E-state index contributed by atoms with van der Waals surface area (Å²) in [5, 5.41) is 10.2. The molecule has 0 saturated heterocycles. The molecule has 0 heterocycles. The summed E-state index contributed by atoms with van der Waals surface area (Å²) in [5.41, 5.74) is 1.07. The van der Waals surface area contributed by atoms with Crippen LogP contribution in [0.25, 0.3) is 0 Å². The number of aliphatic hydroxyl groups excluding tert-OH is 1. The molecule has 0 fully saturated rings. The van der Waals surface area contributed by atoms with E-state index < -0.39 is 6.10 Å². The van der Waals surface area contributed by atoms with Crippen molar-refractivity contribution in [2.24, 2.45) is 0 Å². The van der Waals surface area contributed by atoms with Crippen molar-refractivity contribution in [3.63, 3.8) is 0 Å². The van der Waals surface area contributed by atoms with Crippen molar-refractivity contribution in [1.29, 1.82) is 0 Å². The summed E-state index contributed by atoms with van der Waals surface area (Å²) in [7, 11) is 1.65. The lowest BCUT2D eigenvalue weighted by Gasteiger charge is -2.22. The number of hydrogen-bond acceptors (Lipinski definition) is 3. The maximum atomic E-state index is 10.2. The van der Waals surface area contributed by atoms with Gasteiger partial charge in [0.1, 0.15) is 5.75 Å². The number of rotatable bonds is 8. The van der Waals surface area contributed by atoms with Gasteiger partial charge in [0.25, 0.3) is 0 Å². The molecule has 1 aromatic rings. The highest BCUT2D eigenvalue weighted by Gasteiger charge is 2.19. The third kappa shape index (κ3) is 4.67. The zero-order valence-corrected chi connectivity index (χ0v) is 11.6. The minimum absolute atomic E-state index is 0.0776. The van der Waals surface area contributed by atoms with E-state index in [9.17, 15) is 5.11 Å². The van der Waals surface area contributed by atoms with Crippen molar-refractivity contribution in [3.8, 4) is 5.75 Å². The van der Waals surface area contributed by atoms with Crippen LogP contribution in [0.3, 0.4) is 0 Å². The Bertz CT molecular complexity index is 332. The number of ether oxygens (including phenoxy) is 2. The van der Waals surface area contributed by atoms with Gasteiger partial charge in [0.05, 0.1) is 19.3 Å². The van der Waals surface area contributed by atoms with Crippen LogP contribution in [0.4, 0.5) is 0 Å². The van der Waals surface area contributed by atoms with Crippen LogP contribution in [0.1, 0.15) is 32.3 Å². The Kier molecular flexibility index (Phi) is 6.76. The maximum absolute atomic E-state index is 10.2. The fraction of sp³-hybridized carbons (Fsp3) is 0.600. The molecule has 0 saturated carbocycles. The fourth-order valence-corrected chi connectivity index (χ4v) is 2.06. The van der Waals surface area contributed by atoms with Gasteiger partial charge in [0.15, 0.2) is 0 Å². The van der Waals surface area contributed by atoms with Crippen LogP contribution in [0.5, 0.6) is 5.75 Å². The summed E-state index contributed by atoms with van der Waals surface area (Å²) in [6.07, 6.45) is 1.96. The molecule has 0 spiro atoms. The van der Waals surface area contributed by atoms with E-state index in [-0.39, 0.29) is 6.10 Å². The fourth-order valence-electron chi connectivity index (χ4n) is 2.06. The smallest absolute Gasteiger partial charge is 0.119 e. The van der Waals surface area contributed by atoms with Gasteiger partial charge in [-0.25, -0.2) is 0 Å². The number of benzene rings is 1. The second-order valence-electron chi connectivity index (χ2n) is 4.41. The molecule has 2 unspecified atom stereocenters. The number of methoxy groups -OCH3 is 1. The van der Waals surface area contributed by atoms with Gasteiger partial charge in [-0.05, 0) is 31.0 Å². The Morgan fingerprint density at radius 3 is 2.67 bits per heavy atom. The molecule has 1 N–H and O–H groups in total. The van der Waals surface area contributed by atoms with Crippen LogP contribution in [0.2, 0.25) is 0 Å². The van der Waals surface area contributed by atoms with Crippen molar-refractivity contribution in [1.82, 2.24) is 0 Å². The minimum Gasteiger partial charge on any atom is -0.497 e. The summed E-state index contributed by atoms with van der Waals surface area (Å²) in [5.74, 6) is 0.822. The zero-order valence-electron chi connectivity index (χ0n) is 11.6. The molecule has 3 nitrogen and oxygen atoms in total. The quantitative estimate of drug-likeness (QED) is 0.773. The summed E-state index contributed by atoms with van der Waals surface area (Å²) >= 11 is 0. The lowest BCUT2D eigenvalue weighted by atomic mass is 10.0. The molecule has 0 aliphatic rings. The van der Waals surface area contributed by atoms with Gasteiger partial charge in [0, 0.05) is 13.0 Å². The second kappa shape index (κ2) is 8.11. The molecule has 3 heteroatoms. The molecule has 0 aliphatic carbocycles. The Labute approximate surface area is 110 Å². The summed E-state index contributed by atoms with van der Waals surface area (Å²) < 4.78 is 10.8. The molecule has 102 valence electrons. The first kappa shape index (κ1) is 15.0. The standard InChI is InChI=1S/C15H24O3/c1-4-7-15(18-5-2)14(16)11-12-8-6-9-13(10-12)17-3/h6,8-10,14-16H,4-5,7,11H2,1-3H3. The first-order valence-electron chi connectivity index (χ1n) is 6.63. The van der Waals surface area contributed by atoms with Crippen molar-refractivity contribution >= 4 is 0 Å². The SMILES string of the molecule is CCCC(OCC)C(O)Cc1cccc(OC)c1. The molecule has 0 aliphatic heterocycles. The molecule has 18 heavy (non-hydrogen) atoms. The summed E-state index contributed by atoms with van der Waals surface area (Å²) in [6, 6.07) is 7.80. The highest BCUT2D eigenvalue weighted by Crippen LogP contribution is 2.17. The number of hydrogen-bond donors (Lipinski definition) is 1. The van der Waals surface area contributed by atoms with Gasteiger partial charge >= 0.3 is 0 Å². The third-order valence-electron chi connectivity index (χ3n) is 2.96.